The van der Waals surface area contributed by atoms with Crippen LogP contribution in [-0.2, 0) is 4.79 Å². The summed E-state index contributed by atoms with van der Waals surface area (Å²) in [6.07, 6.45) is 3.01. The van der Waals surface area contributed by atoms with E-state index >= 15 is 0 Å². The van der Waals surface area contributed by atoms with Gasteiger partial charge in [0, 0.05) is 19.6 Å². The van der Waals surface area contributed by atoms with Crippen molar-refractivity contribution in [1.29, 1.82) is 0 Å². The molecule has 104 valence electrons. The Morgan fingerprint density at radius 1 is 1.61 bits per heavy atom. The third-order valence-corrected chi connectivity index (χ3v) is 4.68. The molecule has 2 N–H and O–H groups in total. The molecule has 1 aliphatic heterocycles. The Morgan fingerprint density at radius 2 is 2.22 bits per heavy atom. The molecule has 0 aromatic carbocycles. The van der Waals surface area contributed by atoms with Crippen LogP contribution in [0.3, 0.4) is 0 Å². The Morgan fingerprint density at radius 3 is 2.61 bits per heavy atom. The number of hydrogen-bond donors (Lipinski definition) is 1. The van der Waals surface area contributed by atoms with Gasteiger partial charge in [0.05, 0.1) is 10.4 Å². The predicted octanol–water partition coefficient (Wildman–Crippen LogP) is 1.24. The van der Waals surface area contributed by atoms with Crippen molar-refractivity contribution >= 4 is 23.1 Å². The lowest BCUT2D eigenvalue weighted by atomic mass is 9.86. The SMILES string of the molecule is CCC(C)(C(=O)N(C)CC1CCCN1C)C(N)=S. The quantitative estimate of drug-likeness (QED) is 0.764. The Balaban J connectivity index is 2.68. The van der Waals surface area contributed by atoms with Gasteiger partial charge in [-0.15, -0.1) is 0 Å². The van der Waals surface area contributed by atoms with E-state index in [1.54, 1.807) is 4.90 Å². The monoisotopic (exact) mass is 271 g/mol. The van der Waals surface area contributed by atoms with Crippen molar-refractivity contribution in [1.82, 2.24) is 9.80 Å². The molecule has 0 radical (unpaired) electrons. The van der Waals surface area contributed by atoms with E-state index in [-0.39, 0.29) is 5.91 Å². The second kappa shape index (κ2) is 5.97. The lowest BCUT2D eigenvalue weighted by Gasteiger charge is -2.33. The molecule has 0 bridgehead atoms. The van der Waals surface area contributed by atoms with Gasteiger partial charge in [-0.3, -0.25) is 4.79 Å². The number of likely N-dealkylation sites (tertiary alicyclic amines) is 1. The predicted molar refractivity (Wildman–Crippen MR) is 78.5 cm³/mol. The molecule has 2 unspecified atom stereocenters. The molecular formula is C13H25N3OS. The van der Waals surface area contributed by atoms with Crippen LogP contribution in [0.15, 0.2) is 0 Å². The largest absolute Gasteiger partial charge is 0.392 e. The number of carbonyl (C=O) groups is 1. The van der Waals surface area contributed by atoms with E-state index in [0.29, 0.717) is 17.5 Å². The van der Waals surface area contributed by atoms with Crippen molar-refractivity contribution in [3.8, 4) is 0 Å². The van der Waals surface area contributed by atoms with E-state index in [1.807, 2.05) is 20.9 Å². The van der Waals surface area contributed by atoms with Gasteiger partial charge in [-0.2, -0.15) is 0 Å². The molecule has 1 heterocycles. The number of nitrogens with zero attached hydrogens (tertiary/aromatic N) is 2. The lowest BCUT2D eigenvalue weighted by Crippen LogP contribution is -2.50. The molecule has 5 heteroatoms. The first-order valence-electron chi connectivity index (χ1n) is 6.58. The van der Waals surface area contributed by atoms with Gasteiger partial charge in [0.2, 0.25) is 5.91 Å². The number of nitrogens with two attached hydrogens (primary N) is 1. The van der Waals surface area contributed by atoms with Crippen LogP contribution >= 0.6 is 12.2 Å². The van der Waals surface area contributed by atoms with Gasteiger partial charge in [0.1, 0.15) is 0 Å². The van der Waals surface area contributed by atoms with Crippen LogP contribution in [0.4, 0.5) is 0 Å². The molecule has 2 atom stereocenters. The maximum atomic E-state index is 12.5. The van der Waals surface area contributed by atoms with E-state index in [0.717, 1.165) is 19.5 Å². The molecule has 0 aromatic rings. The Bertz CT molecular complexity index is 334. The van der Waals surface area contributed by atoms with Crippen molar-refractivity contribution in [2.45, 2.75) is 39.2 Å². The smallest absolute Gasteiger partial charge is 0.235 e. The van der Waals surface area contributed by atoms with Gasteiger partial charge >= 0.3 is 0 Å². The fraction of sp³-hybridized carbons (Fsp3) is 0.846. The molecule has 0 aromatic heterocycles. The molecule has 1 amide bonds. The van der Waals surface area contributed by atoms with Crippen molar-refractivity contribution < 1.29 is 4.79 Å². The molecule has 1 rings (SSSR count). The summed E-state index contributed by atoms with van der Waals surface area (Å²) in [7, 11) is 3.96. The standard InChI is InChI=1S/C13H25N3OS/c1-5-13(2,11(14)18)12(17)16(4)9-10-7-6-8-15(10)3/h10H,5-9H2,1-4H3,(H2,14,18). The number of hydrogen-bond acceptors (Lipinski definition) is 3. The average Bonchev–Trinajstić information content (AvgIpc) is 2.72. The third-order valence-electron chi connectivity index (χ3n) is 4.23. The lowest BCUT2D eigenvalue weighted by molar-refractivity contribution is -0.137. The van der Waals surface area contributed by atoms with Gasteiger partial charge in [0.25, 0.3) is 0 Å². The second-order valence-electron chi connectivity index (χ2n) is 5.51. The Hall–Kier alpha value is -0.680. The van der Waals surface area contributed by atoms with Crippen LogP contribution in [0.1, 0.15) is 33.1 Å². The Labute approximate surface area is 115 Å². The van der Waals surface area contributed by atoms with E-state index in [4.69, 9.17) is 18.0 Å². The van der Waals surface area contributed by atoms with Gasteiger partial charge in [-0.05, 0) is 39.8 Å². The highest BCUT2D eigenvalue weighted by atomic mass is 32.1. The van der Waals surface area contributed by atoms with E-state index < -0.39 is 5.41 Å². The summed E-state index contributed by atoms with van der Waals surface area (Å²) in [5, 5.41) is 0. The Kier molecular flexibility index (Phi) is 5.10. The molecule has 1 aliphatic rings. The zero-order valence-electron chi connectivity index (χ0n) is 11.9. The average molecular weight is 271 g/mol. The zero-order chi connectivity index (χ0) is 13.9. The van der Waals surface area contributed by atoms with Gasteiger partial charge in [-0.1, -0.05) is 19.1 Å². The van der Waals surface area contributed by atoms with Crippen LogP contribution < -0.4 is 5.73 Å². The van der Waals surface area contributed by atoms with Gasteiger partial charge in [-0.25, -0.2) is 0 Å². The van der Waals surface area contributed by atoms with Gasteiger partial charge in [0.15, 0.2) is 0 Å². The molecule has 4 nitrogen and oxygen atoms in total. The van der Waals surface area contributed by atoms with Crippen molar-refractivity contribution in [2.75, 3.05) is 27.2 Å². The zero-order valence-corrected chi connectivity index (χ0v) is 12.7. The summed E-state index contributed by atoms with van der Waals surface area (Å²) >= 11 is 5.05. The summed E-state index contributed by atoms with van der Waals surface area (Å²) in [5.41, 5.74) is 5.02. The topological polar surface area (TPSA) is 49.6 Å². The minimum Gasteiger partial charge on any atom is -0.392 e. The van der Waals surface area contributed by atoms with E-state index in [2.05, 4.69) is 11.9 Å². The number of rotatable bonds is 5. The molecule has 0 saturated carbocycles. The summed E-state index contributed by atoms with van der Waals surface area (Å²) in [5.74, 6) is 0.0396. The van der Waals surface area contributed by atoms with Gasteiger partial charge < -0.3 is 15.5 Å². The first-order valence-corrected chi connectivity index (χ1v) is 6.99. The minimum atomic E-state index is -0.707. The molecule has 1 fully saturated rings. The van der Waals surface area contributed by atoms with Crippen LogP contribution in [0.2, 0.25) is 0 Å². The van der Waals surface area contributed by atoms with Crippen molar-refractivity contribution in [3.63, 3.8) is 0 Å². The molecular weight excluding hydrogens is 246 g/mol. The number of carbonyl (C=O) groups excluding carboxylic acids is 1. The highest BCUT2D eigenvalue weighted by Gasteiger charge is 2.37. The van der Waals surface area contributed by atoms with Crippen LogP contribution in [-0.4, -0.2) is 53.9 Å². The fourth-order valence-corrected chi connectivity index (χ4v) is 2.69. The molecule has 1 saturated heterocycles. The first kappa shape index (κ1) is 15.4. The third kappa shape index (κ3) is 3.01. The number of thiocarbonyl (C=S) groups is 1. The summed E-state index contributed by atoms with van der Waals surface area (Å²) < 4.78 is 0. The summed E-state index contributed by atoms with van der Waals surface area (Å²) in [6.45, 7) is 5.67. The molecule has 18 heavy (non-hydrogen) atoms. The van der Waals surface area contributed by atoms with E-state index in [1.165, 1.54) is 6.42 Å². The molecule has 0 aliphatic carbocycles. The molecule has 0 spiro atoms. The van der Waals surface area contributed by atoms with Crippen LogP contribution in [0.25, 0.3) is 0 Å². The van der Waals surface area contributed by atoms with Crippen molar-refractivity contribution in [3.05, 3.63) is 0 Å². The number of likely N-dealkylation sites (N-methyl/N-ethyl adjacent to an activating group) is 2. The maximum absolute atomic E-state index is 12.5. The summed E-state index contributed by atoms with van der Waals surface area (Å²) in [4.78, 5) is 16.9. The fourth-order valence-electron chi connectivity index (χ4n) is 2.46. The minimum absolute atomic E-state index is 0.0396. The normalized spacial score (nSPS) is 23.7. The first-order chi connectivity index (χ1) is 8.32. The van der Waals surface area contributed by atoms with Crippen LogP contribution in [0, 0.1) is 5.41 Å². The number of amides is 1. The van der Waals surface area contributed by atoms with E-state index in [9.17, 15) is 4.79 Å². The summed E-state index contributed by atoms with van der Waals surface area (Å²) in [6, 6.07) is 0.464. The highest BCUT2D eigenvalue weighted by molar-refractivity contribution is 7.80. The maximum Gasteiger partial charge on any atom is 0.235 e. The second-order valence-corrected chi connectivity index (χ2v) is 5.95. The van der Waals surface area contributed by atoms with Crippen LogP contribution in [0.5, 0.6) is 0 Å². The van der Waals surface area contributed by atoms with Crippen molar-refractivity contribution in [2.24, 2.45) is 11.1 Å². The highest BCUT2D eigenvalue weighted by Crippen LogP contribution is 2.25.